The molecule has 2 aromatic rings. The molecule has 2 rings (SSSR count). The van der Waals surface area contributed by atoms with Gasteiger partial charge in [-0.2, -0.15) is 0 Å². The summed E-state index contributed by atoms with van der Waals surface area (Å²) in [5.41, 5.74) is 0.629. The van der Waals surface area contributed by atoms with Gasteiger partial charge in [0.15, 0.2) is 0 Å². The summed E-state index contributed by atoms with van der Waals surface area (Å²) in [5.74, 6) is -1.06. The predicted octanol–water partition coefficient (Wildman–Crippen LogP) is 2.09. The summed E-state index contributed by atoms with van der Waals surface area (Å²) >= 11 is 0. The molecule has 22 heavy (non-hydrogen) atoms. The molecule has 0 saturated heterocycles. The van der Waals surface area contributed by atoms with Crippen molar-refractivity contribution in [1.29, 1.82) is 0 Å². The van der Waals surface area contributed by atoms with Gasteiger partial charge in [-0.05, 0) is 35.9 Å². The average molecular weight is 323 g/mol. The standard InChI is InChI=1S/C15H14FNO4S/c1-21-15(18)12-5-3-7-14(9-12)22(19,20)17-10-11-4-2-6-13(16)8-11/h2-9,17H,10H2,1H3. The summed E-state index contributed by atoms with van der Waals surface area (Å²) in [5, 5.41) is 0. The minimum Gasteiger partial charge on any atom is -0.465 e. The average Bonchev–Trinajstić information content (AvgIpc) is 2.52. The lowest BCUT2D eigenvalue weighted by atomic mass is 10.2. The number of rotatable bonds is 5. The molecule has 5 nitrogen and oxygen atoms in total. The van der Waals surface area contributed by atoms with Gasteiger partial charge < -0.3 is 4.74 Å². The van der Waals surface area contributed by atoms with E-state index in [-0.39, 0.29) is 17.0 Å². The largest absolute Gasteiger partial charge is 0.465 e. The van der Waals surface area contributed by atoms with E-state index in [4.69, 9.17) is 0 Å². The van der Waals surface area contributed by atoms with E-state index in [0.29, 0.717) is 5.56 Å². The molecule has 0 aliphatic carbocycles. The van der Waals surface area contributed by atoms with Gasteiger partial charge in [-0.15, -0.1) is 0 Å². The molecule has 0 amide bonds. The van der Waals surface area contributed by atoms with Crippen LogP contribution in [0.2, 0.25) is 0 Å². The number of ether oxygens (including phenoxy) is 1. The first-order chi connectivity index (χ1) is 10.4. The summed E-state index contributed by atoms with van der Waals surface area (Å²) in [6, 6.07) is 11.1. The van der Waals surface area contributed by atoms with E-state index < -0.39 is 21.8 Å². The number of hydrogen-bond donors (Lipinski definition) is 1. The van der Waals surface area contributed by atoms with Crippen molar-refractivity contribution in [2.75, 3.05) is 7.11 Å². The number of halogens is 1. The van der Waals surface area contributed by atoms with Gasteiger partial charge in [-0.3, -0.25) is 0 Å². The van der Waals surface area contributed by atoms with Gasteiger partial charge in [0.1, 0.15) is 5.82 Å². The second kappa shape index (κ2) is 6.67. The number of esters is 1. The number of benzene rings is 2. The third-order valence-electron chi connectivity index (χ3n) is 2.92. The zero-order chi connectivity index (χ0) is 16.2. The van der Waals surface area contributed by atoms with Crippen molar-refractivity contribution in [1.82, 2.24) is 4.72 Å². The summed E-state index contributed by atoms with van der Waals surface area (Å²) in [6.45, 7) is -0.0530. The highest BCUT2D eigenvalue weighted by Gasteiger charge is 2.16. The van der Waals surface area contributed by atoms with Crippen molar-refractivity contribution >= 4 is 16.0 Å². The van der Waals surface area contributed by atoms with Crippen LogP contribution in [0.25, 0.3) is 0 Å². The topological polar surface area (TPSA) is 72.5 Å². The van der Waals surface area contributed by atoms with Gasteiger partial charge in [0, 0.05) is 6.54 Å². The molecular formula is C15H14FNO4S. The summed E-state index contributed by atoms with van der Waals surface area (Å²) in [4.78, 5) is 11.4. The van der Waals surface area contributed by atoms with Crippen molar-refractivity contribution in [2.24, 2.45) is 0 Å². The Bertz CT molecular complexity index is 790. The molecule has 2 aromatic carbocycles. The normalized spacial score (nSPS) is 11.2. The lowest BCUT2D eigenvalue weighted by Gasteiger charge is -2.08. The number of nitrogens with one attached hydrogen (secondary N) is 1. The van der Waals surface area contributed by atoms with Crippen LogP contribution in [0.1, 0.15) is 15.9 Å². The summed E-state index contributed by atoms with van der Waals surface area (Å²) < 4.78 is 44.4. The fourth-order valence-corrected chi connectivity index (χ4v) is 2.88. The number of hydrogen-bond acceptors (Lipinski definition) is 4. The number of sulfonamides is 1. The Kier molecular flexibility index (Phi) is 4.89. The highest BCUT2D eigenvalue weighted by Crippen LogP contribution is 2.13. The number of carbonyl (C=O) groups is 1. The number of methoxy groups -OCH3 is 1. The lowest BCUT2D eigenvalue weighted by molar-refractivity contribution is 0.0600. The van der Waals surface area contributed by atoms with Crippen LogP contribution in [-0.4, -0.2) is 21.5 Å². The van der Waals surface area contributed by atoms with E-state index in [2.05, 4.69) is 9.46 Å². The highest BCUT2D eigenvalue weighted by atomic mass is 32.2. The van der Waals surface area contributed by atoms with Gasteiger partial charge in [0.25, 0.3) is 0 Å². The van der Waals surface area contributed by atoms with Crippen molar-refractivity contribution in [3.8, 4) is 0 Å². The molecule has 0 bridgehead atoms. The predicted molar refractivity (Wildman–Crippen MR) is 78.2 cm³/mol. The third kappa shape index (κ3) is 3.90. The lowest BCUT2D eigenvalue weighted by Crippen LogP contribution is -2.23. The zero-order valence-corrected chi connectivity index (χ0v) is 12.6. The van der Waals surface area contributed by atoms with Gasteiger partial charge in [0.2, 0.25) is 10.0 Å². The van der Waals surface area contributed by atoms with Crippen LogP contribution in [-0.2, 0) is 21.3 Å². The molecule has 1 N–H and O–H groups in total. The minimum absolute atomic E-state index is 0.0530. The van der Waals surface area contributed by atoms with E-state index in [9.17, 15) is 17.6 Å². The first-order valence-corrected chi connectivity index (χ1v) is 7.83. The first kappa shape index (κ1) is 16.1. The Morgan fingerprint density at radius 2 is 1.91 bits per heavy atom. The van der Waals surface area contributed by atoms with Crippen molar-refractivity contribution < 1.29 is 22.3 Å². The molecule has 7 heteroatoms. The minimum atomic E-state index is -3.82. The molecule has 0 unspecified atom stereocenters. The van der Waals surface area contributed by atoms with Crippen LogP contribution in [0.4, 0.5) is 4.39 Å². The van der Waals surface area contributed by atoms with E-state index in [1.807, 2.05) is 0 Å². The van der Waals surface area contributed by atoms with Crippen molar-refractivity contribution in [3.05, 3.63) is 65.5 Å². The Balaban J connectivity index is 2.18. The molecular weight excluding hydrogens is 309 g/mol. The molecule has 0 spiro atoms. The van der Waals surface area contributed by atoms with Gasteiger partial charge in [-0.1, -0.05) is 18.2 Å². The van der Waals surface area contributed by atoms with Gasteiger partial charge in [-0.25, -0.2) is 22.3 Å². The fraction of sp³-hybridized carbons (Fsp3) is 0.133. The van der Waals surface area contributed by atoms with Crippen LogP contribution in [0, 0.1) is 5.82 Å². The fourth-order valence-electron chi connectivity index (χ4n) is 1.82. The Labute approximate surface area is 127 Å². The maximum absolute atomic E-state index is 13.1. The van der Waals surface area contributed by atoms with Crippen molar-refractivity contribution in [3.63, 3.8) is 0 Å². The van der Waals surface area contributed by atoms with E-state index in [1.54, 1.807) is 6.07 Å². The summed E-state index contributed by atoms with van der Waals surface area (Å²) in [7, 11) is -2.60. The van der Waals surface area contributed by atoms with Crippen LogP contribution in [0.3, 0.4) is 0 Å². The molecule has 0 saturated carbocycles. The van der Waals surface area contributed by atoms with Crippen LogP contribution >= 0.6 is 0 Å². The van der Waals surface area contributed by atoms with Gasteiger partial charge in [0.05, 0.1) is 17.6 Å². The summed E-state index contributed by atoms with van der Waals surface area (Å²) in [6.07, 6.45) is 0. The Morgan fingerprint density at radius 3 is 2.59 bits per heavy atom. The Morgan fingerprint density at radius 1 is 1.18 bits per heavy atom. The zero-order valence-electron chi connectivity index (χ0n) is 11.7. The smallest absolute Gasteiger partial charge is 0.337 e. The quantitative estimate of drug-likeness (QED) is 0.855. The third-order valence-corrected chi connectivity index (χ3v) is 4.32. The maximum atomic E-state index is 13.1. The molecule has 0 fully saturated rings. The van der Waals surface area contributed by atoms with Crippen LogP contribution in [0.15, 0.2) is 53.4 Å². The maximum Gasteiger partial charge on any atom is 0.337 e. The van der Waals surface area contributed by atoms with Crippen LogP contribution < -0.4 is 4.72 Å². The second-order valence-electron chi connectivity index (χ2n) is 4.47. The highest BCUT2D eigenvalue weighted by molar-refractivity contribution is 7.89. The van der Waals surface area contributed by atoms with E-state index in [1.165, 1.54) is 49.6 Å². The van der Waals surface area contributed by atoms with E-state index in [0.717, 1.165) is 0 Å². The second-order valence-corrected chi connectivity index (χ2v) is 6.24. The first-order valence-electron chi connectivity index (χ1n) is 6.35. The molecule has 116 valence electrons. The molecule has 0 aromatic heterocycles. The van der Waals surface area contributed by atoms with Crippen LogP contribution in [0.5, 0.6) is 0 Å². The molecule has 0 aliphatic heterocycles. The Hall–Kier alpha value is -2.25. The molecule has 0 aliphatic rings. The van der Waals surface area contributed by atoms with Gasteiger partial charge >= 0.3 is 5.97 Å². The monoisotopic (exact) mass is 323 g/mol. The molecule has 0 atom stereocenters. The van der Waals surface area contributed by atoms with E-state index >= 15 is 0 Å². The molecule has 0 radical (unpaired) electrons. The van der Waals surface area contributed by atoms with Crippen molar-refractivity contribution in [2.45, 2.75) is 11.4 Å². The SMILES string of the molecule is COC(=O)c1cccc(S(=O)(=O)NCc2cccc(F)c2)c1. The molecule has 0 heterocycles. The number of carbonyl (C=O) groups excluding carboxylic acids is 1.